The number of fused-ring (bicyclic) bond motifs is 5. The van der Waals surface area contributed by atoms with E-state index in [1.165, 1.54) is 42.5 Å². The quantitative estimate of drug-likeness (QED) is 0.301. The molecule has 12 nitrogen and oxygen atoms in total. The number of non-ortho nitro benzene ring substituents is 2. The summed E-state index contributed by atoms with van der Waals surface area (Å²) in [4.78, 5) is 65.3. The molecular weight excluding hydrogens is 506 g/mol. The summed E-state index contributed by atoms with van der Waals surface area (Å²) < 4.78 is 0. The predicted octanol–water partition coefficient (Wildman–Crippen LogP) is 3.53. The Kier molecular flexibility index (Phi) is 5.45. The van der Waals surface area contributed by atoms with Gasteiger partial charge in [0.15, 0.2) is 0 Å². The van der Waals surface area contributed by atoms with Gasteiger partial charge in [0.05, 0.1) is 33.4 Å². The molecule has 3 aromatic rings. The summed E-state index contributed by atoms with van der Waals surface area (Å²) in [6.45, 7) is 0. The van der Waals surface area contributed by atoms with Crippen LogP contribution in [0.4, 0.5) is 28.4 Å². The van der Waals surface area contributed by atoms with Crippen molar-refractivity contribution in [2.75, 3.05) is 15.1 Å². The monoisotopic (exact) mass is 525 g/mol. The van der Waals surface area contributed by atoms with Crippen LogP contribution in [0.1, 0.15) is 5.56 Å². The van der Waals surface area contributed by atoms with Crippen molar-refractivity contribution in [3.63, 3.8) is 0 Å². The molecule has 12 heteroatoms. The molecule has 194 valence electrons. The average Bonchev–Trinajstić information content (AvgIpc) is 3.41. The molecule has 0 aromatic heterocycles. The number of nitrogens with one attached hydrogen (secondary N) is 1. The van der Waals surface area contributed by atoms with E-state index in [2.05, 4.69) is 5.32 Å². The molecular formula is C27H19N5O7. The zero-order chi connectivity index (χ0) is 27.4. The van der Waals surface area contributed by atoms with Gasteiger partial charge in [-0.15, -0.1) is 0 Å². The highest BCUT2D eigenvalue weighted by atomic mass is 16.6. The molecule has 0 spiro atoms. The van der Waals surface area contributed by atoms with Gasteiger partial charge in [-0.25, -0.2) is 4.90 Å². The van der Waals surface area contributed by atoms with Crippen molar-refractivity contribution in [1.82, 2.24) is 0 Å². The van der Waals surface area contributed by atoms with Gasteiger partial charge in [-0.05, 0) is 29.8 Å². The van der Waals surface area contributed by atoms with Crippen molar-refractivity contribution in [3.8, 4) is 0 Å². The Labute approximate surface area is 220 Å². The van der Waals surface area contributed by atoms with E-state index in [1.54, 1.807) is 17.0 Å². The molecule has 3 heterocycles. The lowest BCUT2D eigenvalue weighted by molar-refractivity contribution is -0.385. The molecule has 2 fully saturated rings. The maximum atomic E-state index is 13.9. The summed E-state index contributed by atoms with van der Waals surface area (Å²) in [7, 11) is 0. The second-order valence-electron chi connectivity index (χ2n) is 9.39. The lowest BCUT2D eigenvalue weighted by atomic mass is 9.88. The minimum atomic E-state index is -1.10. The van der Waals surface area contributed by atoms with Crippen LogP contribution in [-0.4, -0.2) is 39.7 Å². The smallest absolute Gasteiger partial charge is 0.271 e. The van der Waals surface area contributed by atoms with Crippen LogP contribution in [0.5, 0.6) is 0 Å². The van der Waals surface area contributed by atoms with Crippen molar-refractivity contribution < 1.29 is 24.2 Å². The lowest BCUT2D eigenvalue weighted by Crippen LogP contribution is -2.50. The van der Waals surface area contributed by atoms with Gasteiger partial charge in [0.1, 0.15) is 6.04 Å². The minimum Gasteiger partial charge on any atom is -0.351 e. The third-order valence-electron chi connectivity index (χ3n) is 7.33. The van der Waals surface area contributed by atoms with Gasteiger partial charge < -0.3 is 10.2 Å². The summed E-state index contributed by atoms with van der Waals surface area (Å²) in [6, 6.07) is 16.1. The van der Waals surface area contributed by atoms with Crippen molar-refractivity contribution in [1.29, 1.82) is 0 Å². The molecule has 0 radical (unpaired) electrons. The van der Waals surface area contributed by atoms with Crippen LogP contribution in [0.15, 0.2) is 78.9 Å². The van der Waals surface area contributed by atoms with Crippen LogP contribution in [0.3, 0.4) is 0 Å². The number of hydrogen-bond acceptors (Lipinski definition) is 8. The number of para-hydroxylation sites is 1. The molecule has 3 aliphatic rings. The van der Waals surface area contributed by atoms with Gasteiger partial charge in [-0.1, -0.05) is 36.4 Å². The first kappa shape index (κ1) is 24.0. The minimum absolute atomic E-state index is 0.0647. The maximum absolute atomic E-state index is 13.9. The first-order valence-corrected chi connectivity index (χ1v) is 12.0. The van der Waals surface area contributed by atoms with Crippen LogP contribution in [-0.2, 0) is 14.4 Å². The molecule has 6 rings (SSSR count). The molecule has 39 heavy (non-hydrogen) atoms. The number of hydrogen-bond donors (Lipinski definition) is 1. The Morgan fingerprint density at radius 1 is 0.821 bits per heavy atom. The topological polar surface area (TPSA) is 156 Å². The number of nitro groups is 2. The number of imide groups is 1. The predicted molar refractivity (Wildman–Crippen MR) is 140 cm³/mol. The molecule has 0 bridgehead atoms. The molecule has 4 atom stereocenters. The third-order valence-corrected chi connectivity index (χ3v) is 7.33. The number of rotatable bonds is 5. The fraction of sp³-hybridized carbons (Fsp3) is 0.148. The summed E-state index contributed by atoms with van der Waals surface area (Å²) in [6.07, 6.45) is 3.64. The lowest BCUT2D eigenvalue weighted by Gasteiger charge is -2.36. The summed E-state index contributed by atoms with van der Waals surface area (Å²) in [5, 5.41) is 25.1. The van der Waals surface area contributed by atoms with Gasteiger partial charge >= 0.3 is 0 Å². The van der Waals surface area contributed by atoms with E-state index in [9.17, 15) is 34.6 Å². The highest BCUT2D eigenvalue weighted by Gasteiger charge is 2.64. The van der Waals surface area contributed by atoms with Crippen molar-refractivity contribution in [2.24, 2.45) is 11.8 Å². The van der Waals surface area contributed by atoms with Gasteiger partial charge in [0.2, 0.25) is 17.7 Å². The van der Waals surface area contributed by atoms with Gasteiger partial charge in [-0.2, -0.15) is 0 Å². The van der Waals surface area contributed by atoms with E-state index in [0.29, 0.717) is 11.4 Å². The largest absolute Gasteiger partial charge is 0.351 e. The van der Waals surface area contributed by atoms with Crippen LogP contribution >= 0.6 is 0 Å². The van der Waals surface area contributed by atoms with E-state index in [1.807, 2.05) is 24.3 Å². The normalized spacial score (nSPS) is 22.8. The number of nitrogens with zero attached hydrogens (tertiary/aromatic N) is 4. The molecule has 1 N–H and O–H groups in total. The maximum Gasteiger partial charge on any atom is 0.271 e. The fourth-order valence-corrected chi connectivity index (χ4v) is 5.70. The molecule has 3 aliphatic heterocycles. The molecule has 0 aliphatic carbocycles. The molecule has 2 saturated heterocycles. The standard InChI is InChI=1S/C27H19N5O7/c33-25(28-16-9-11-17(12-10-16)31(36)37)24-23-22(21-13-8-15-4-1-2-7-20(15)30(21)24)26(34)29(27(23)35)18-5-3-6-19(14-18)32(38)39/h1-14,21-24H,(H,28,33)/t21-,22-,23+,24-/m0/s1. The second kappa shape index (κ2) is 8.87. The third kappa shape index (κ3) is 3.72. The molecule has 0 saturated carbocycles. The highest BCUT2D eigenvalue weighted by Crippen LogP contribution is 2.49. The number of carbonyl (C=O) groups is 3. The van der Waals surface area contributed by atoms with Crippen molar-refractivity contribution >= 4 is 52.2 Å². The fourth-order valence-electron chi connectivity index (χ4n) is 5.70. The Morgan fingerprint density at radius 2 is 1.51 bits per heavy atom. The SMILES string of the molecule is O=C(Nc1ccc([N+](=O)[O-])cc1)[C@@H]1[C@@H]2C(=O)N(c3cccc([N+](=O)[O-])c3)C(=O)[C@H]2[C@@H]2C=Cc3ccccc3N12. The van der Waals surface area contributed by atoms with Gasteiger partial charge in [0.25, 0.3) is 11.4 Å². The molecule has 3 amide bonds. The number of nitro benzene ring substituents is 2. The van der Waals surface area contributed by atoms with Gasteiger partial charge in [-0.3, -0.25) is 34.6 Å². The summed E-state index contributed by atoms with van der Waals surface area (Å²) in [5.41, 5.74) is 1.44. The zero-order valence-electron chi connectivity index (χ0n) is 20.0. The van der Waals surface area contributed by atoms with E-state index < -0.39 is 51.5 Å². The van der Waals surface area contributed by atoms with Gasteiger partial charge in [0, 0.05) is 35.6 Å². The van der Waals surface area contributed by atoms with E-state index in [4.69, 9.17) is 0 Å². The number of carbonyl (C=O) groups excluding carboxylic acids is 3. The highest BCUT2D eigenvalue weighted by molar-refractivity contribution is 6.25. The van der Waals surface area contributed by atoms with E-state index >= 15 is 0 Å². The Balaban J connectivity index is 1.41. The molecule has 3 aromatic carbocycles. The van der Waals surface area contributed by atoms with Crippen LogP contribution in [0.2, 0.25) is 0 Å². The Morgan fingerprint density at radius 3 is 2.23 bits per heavy atom. The number of benzene rings is 3. The number of anilines is 3. The summed E-state index contributed by atoms with van der Waals surface area (Å²) >= 11 is 0. The molecule has 0 unspecified atom stereocenters. The second-order valence-corrected chi connectivity index (χ2v) is 9.39. The van der Waals surface area contributed by atoms with E-state index in [-0.39, 0.29) is 17.1 Å². The number of amides is 3. The average molecular weight is 525 g/mol. The van der Waals surface area contributed by atoms with Crippen LogP contribution < -0.4 is 15.1 Å². The van der Waals surface area contributed by atoms with Crippen LogP contribution in [0.25, 0.3) is 6.08 Å². The summed E-state index contributed by atoms with van der Waals surface area (Å²) in [5.74, 6) is -3.72. The van der Waals surface area contributed by atoms with Crippen molar-refractivity contribution in [2.45, 2.75) is 12.1 Å². The zero-order valence-corrected chi connectivity index (χ0v) is 20.0. The van der Waals surface area contributed by atoms with Crippen LogP contribution in [0, 0.1) is 32.1 Å². The Bertz CT molecular complexity index is 1600. The first-order valence-electron chi connectivity index (χ1n) is 12.0. The Hall–Kier alpha value is -5.39. The van der Waals surface area contributed by atoms with Crippen molar-refractivity contribution in [3.05, 3.63) is 105 Å². The van der Waals surface area contributed by atoms with E-state index in [0.717, 1.165) is 16.5 Å². The first-order chi connectivity index (χ1) is 18.8.